The van der Waals surface area contributed by atoms with Crippen molar-refractivity contribution >= 4 is 40.6 Å². The second kappa shape index (κ2) is 10.6. The molecule has 0 fully saturated rings. The van der Waals surface area contributed by atoms with Gasteiger partial charge in [-0.1, -0.05) is 53.7 Å². The van der Waals surface area contributed by atoms with E-state index in [4.69, 9.17) is 11.6 Å². The van der Waals surface area contributed by atoms with Gasteiger partial charge in [-0.25, -0.2) is 0 Å². The summed E-state index contributed by atoms with van der Waals surface area (Å²) in [6.45, 7) is 0. The van der Waals surface area contributed by atoms with E-state index < -0.39 is 0 Å². The van der Waals surface area contributed by atoms with Gasteiger partial charge in [0.1, 0.15) is 5.82 Å². The van der Waals surface area contributed by atoms with Gasteiger partial charge in [0.25, 0.3) is 0 Å². The first kappa shape index (κ1) is 22.9. The minimum Gasteiger partial charge on any atom is -0.378 e. The Morgan fingerprint density at radius 2 is 1.67 bits per heavy atom. The largest absolute Gasteiger partial charge is 0.378 e. The van der Waals surface area contributed by atoms with Crippen LogP contribution in [-0.2, 0) is 11.2 Å². The second-order valence-corrected chi connectivity index (χ2v) is 9.03. The molecule has 8 heteroatoms. The zero-order valence-corrected chi connectivity index (χ0v) is 20.0. The summed E-state index contributed by atoms with van der Waals surface area (Å²) in [5.74, 6) is 0.908. The minimum atomic E-state index is -0.104. The lowest BCUT2D eigenvalue weighted by Gasteiger charge is -2.13. The molecule has 1 N–H and O–H groups in total. The average Bonchev–Trinajstić information content (AvgIpc) is 3.21. The quantitative estimate of drug-likeness (QED) is 0.348. The van der Waals surface area contributed by atoms with Crippen molar-refractivity contribution in [3.05, 3.63) is 95.3 Å². The van der Waals surface area contributed by atoms with Gasteiger partial charge in [-0.3, -0.25) is 9.36 Å². The van der Waals surface area contributed by atoms with Crippen molar-refractivity contribution in [1.82, 2.24) is 14.8 Å². The summed E-state index contributed by atoms with van der Waals surface area (Å²) in [4.78, 5) is 14.6. The molecule has 0 saturated carbocycles. The fourth-order valence-electron chi connectivity index (χ4n) is 3.31. The van der Waals surface area contributed by atoms with Crippen molar-refractivity contribution in [3.8, 4) is 5.69 Å². The van der Waals surface area contributed by atoms with Gasteiger partial charge in [-0.05, 0) is 54.1 Å². The lowest BCUT2D eigenvalue weighted by Crippen LogP contribution is -2.15. The van der Waals surface area contributed by atoms with E-state index in [2.05, 4.69) is 27.6 Å². The maximum atomic E-state index is 12.6. The van der Waals surface area contributed by atoms with Crippen LogP contribution in [0.3, 0.4) is 0 Å². The maximum absolute atomic E-state index is 12.6. The third kappa shape index (κ3) is 5.94. The Morgan fingerprint density at radius 3 is 2.33 bits per heavy atom. The molecule has 0 radical (unpaired) electrons. The van der Waals surface area contributed by atoms with Crippen LogP contribution in [0, 0.1) is 0 Å². The number of carbonyl (C=O) groups excluding carboxylic acids is 1. The molecule has 0 spiro atoms. The first-order valence-corrected chi connectivity index (χ1v) is 11.8. The van der Waals surface area contributed by atoms with Crippen LogP contribution in [0.2, 0.25) is 5.02 Å². The Hall–Kier alpha value is -3.29. The Morgan fingerprint density at radius 1 is 0.970 bits per heavy atom. The lowest BCUT2D eigenvalue weighted by molar-refractivity contribution is -0.113. The van der Waals surface area contributed by atoms with Gasteiger partial charge >= 0.3 is 0 Å². The third-order valence-corrected chi connectivity index (χ3v) is 6.17. The van der Waals surface area contributed by atoms with Crippen molar-refractivity contribution in [1.29, 1.82) is 0 Å². The van der Waals surface area contributed by atoms with Gasteiger partial charge in [-0.15, -0.1) is 10.2 Å². The number of anilines is 2. The molecule has 1 aromatic heterocycles. The number of hydrogen-bond acceptors (Lipinski definition) is 5. The highest BCUT2D eigenvalue weighted by atomic mass is 35.5. The normalized spacial score (nSPS) is 10.8. The van der Waals surface area contributed by atoms with Crippen LogP contribution in [0.15, 0.2) is 84.0 Å². The van der Waals surface area contributed by atoms with Crippen LogP contribution in [0.5, 0.6) is 0 Å². The molecule has 4 aromatic rings. The number of amides is 1. The summed E-state index contributed by atoms with van der Waals surface area (Å²) in [6, 6.07) is 25.4. The molecule has 0 aliphatic rings. The molecule has 0 aliphatic heterocycles. The summed E-state index contributed by atoms with van der Waals surface area (Å²) in [7, 11) is 3.96. The minimum absolute atomic E-state index is 0.104. The Labute approximate surface area is 202 Å². The molecule has 168 valence electrons. The van der Waals surface area contributed by atoms with Crippen LogP contribution < -0.4 is 10.2 Å². The SMILES string of the molecule is CN(C)c1ccc(NC(=O)CSc2nnc(Cc3ccccc3)n2-c2ccc(Cl)cc2)cc1. The molecule has 0 aliphatic carbocycles. The number of thioether (sulfide) groups is 1. The van der Waals surface area contributed by atoms with Crippen molar-refractivity contribution < 1.29 is 4.79 Å². The number of benzene rings is 3. The summed E-state index contributed by atoms with van der Waals surface area (Å²) in [6.07, 6.45) is 0.626. The molecule has 0 saturated heterocycles. The highest BCUT2D eigenvalue weighted by Gasteiger charge is 2.16. The van der Waals surface area contributed by atoms with Gasteiger partial charge in [0, 0.05) is 42.6 Å². The molecular weight excluding hydrogens is 454 g/mol. The molecule has 3 aromatic carbocycles. The number of hydrogen-bond donors (Lipinski definition) is 1. The van der Waals surface area contributed by atoms with Crippen molar-refractivity contribution in [2.24, 2.45) is 0 Å². The molecule has 0 bridgehead atoms. The second-order valence-electron chi connectivity index (χ2n) is 7.65. The number of carbonyl (C=O) groups is 1. The van der Waals surface area contributed by atoms with E-state index >= 15 is 0 Å². The molecule has 1 amide bonds. The van der Waals surface area contributed by atoms with Crippen LogP contribution >= 0.6 is 23.4 Å². The molecule has 33 heavy (non-hydrogen) atoms. The standard InChI is InChI=1S/C25H24ClN5OS/c1-30(2)21-14-10-20(11-15-21)27-24(32)17-33-25-29-28-23(16-18-6-4-3-5-7-18)31(25)22-12-8-19(26)9-13-22/h3-15H,16-17H2,1-2H3,(H,27,32). The zero-order chi connectivity index (χ0) is 23.2. The van der Waals surface area contributed by atoms with Crippen molar-refractivity contribution in [3.63, 3.8) is 0 Å². The van der Waals surface area contributed by atoms with Crippen molar-refractivity contribution in [2.75, 3.05) is 30.1 Å². The Bertz CT molecular complexity index is 1210. The van der Waals surface area contributed by atoms with E-state index in [0.29, 0.717) is 16.6 Å². The number of halogens is 1. The molecule has 6 nitrogen and oxygen atoms in total. The number of nitrogens with zero attached hydrogens (tertiary/aromatic N) is 4. The summed E-state index contributed by atoms with van der Waals surface area (Å²) >= 11 is 7.44. The number of aromatic nitrogens is 3. The third-order valence-electron chi connectivity index (χ3n) is 4.99. The van der Waals surface area contributed by atoms with Gasteiger partial charge in [0.15, 0.2) is 5.16 Å². The van der Waals surface area contributed by atoms with Crippen LogP contribution in [0.25, 0.3) is 5.69 Å². The fraction of sp³-hybridized carbons (Fsp3) is 0.160. The summed E-state index contributed by atoms with van der Waals surface area (Å²) in [5, 5.41) is 13.0. The van der Waals surface area contributed by atoms with Gasteiger partial charge in [0.2, 0.25) is 5.91 Å². The molecule has 0 unspecified atom stereocenters. The lowest BCUT2D eigenvalue weighted by atomic mass is 10.1. The van der Waals surface area contributed by atoms with Crippen LogP contribution in [0.4, 0.5) is 11.4 Å². The monoisotopic (exact) mass is 477 g/mol. The van der Waals surface area contributed by atoms with E-state index in [0.717, 1.165) is 28.5 Å². The number of rotatable bonds is 8. The first-order valence-electron chi connectivity index (χ1n) is 10.4. The van der Waals surface area contributed by atoms with E-state index in [1.54, 1.807) is 0 Å². The van der Waals surface area contributed by atoms with E-state index in [1.165, 1.54) is 11.8 Å². The summed E-state index contributed by atoms with van der Waals surface area (Å²) in [5.41, 5.74) is 3.87. The van der Waals surface area contributed by atoms with E-state index in [1.807, 2.05) is 90.3 Å². The Balaban J connectivity index is 1.50. The van der Waals surface area contributed by atoms with Gasteiger partial charge in [0.05, 0.1) is 5.75 Å². The predicted molar refractivity (Wildman–Crippen MR) is 136 cm³/mol. The number of nitrogens with one attached hydrogen (secondary N) is 1. The molecule has 4 rings (SSSR count). The van der Waals surface area contributed by atoms with Gasteiger partial charge < -0.3 is 10.2 Å². The molecule has 1 heterocycles. The maximum Gasteiger partial charge on any atom is 0.234 e. The highest BCUT2D eigenvalue weighted by Crippen LogP contribution is 2.25. The van der Waals surface area contributed by atoms with E-state index in [9.17, 15) is 4.79 Å². The Kier molecular flexibility index (Phi) is 7.32. The smallest absolute Gasteiger partial charge is 0.234 e. The fourth-order valence-corrected chi connectivity index (χ4v) is 4.20. The first-order chi connectivity index (χ1) is 16.0. The predicted octanol–water partition coefficient (Wildman–Crippen LogP) is 5.31. The average molecular weight is 478 g/mol. The highest BCUT2D eigenvalue weighted by molar-refractivity contribution is 7.99. The van der Waals surface area contributed by atoms with Crippen LogP contribution in [0.1, 0.15) is 11.4 Å². The van der Waals surface area contributed by atoms with Crippen molar-refractivity contribution in [2.45, 2.75) is 11.6 Å². The van der Waals surface area contributed by atoms with Gasteiger partial charge in [-0.2, -0.15) is 0 Å². The molecule has 0 atom stereocenters. The summed E-state index contributed by atoms with van der Waals surface area (Å²) < 4.78 is 1.98. The van der Waals surface area contributed by atoms with Crippen LogP contribution in [-0.4, -0.2) is 40.5 Å². The topological polar surface area (TPSA) is 63.1 Å². The zero-order valence-electron chi connectivity index (χ0n) is 18.4. The van der Waals surface area contributed by atoms with E-state index in [-0.39, 0.29) is 11.7 Å². The molecular formula is C25H24ClN5OS.